The number of aliphatic hydroxyl groups is 1. The Morgan fingerprint density at radius 3 is 2.50 bits per heavy atom. The van der Waals surface area contributed by atoms with E-state index in [1.165, 1.54) is 0 Å². The number of amides is 1. The fraction of sp³-hybridized carbons (Fsp3) is 0.533. The van der Waals surface area contributed by atoms with Gasteiger partial charge in [-0.2, -0.15) is 0 Å². The summed E-state index contributed by atoms with van der Waals surface area (Å²) in [6, 6.07) is 7.22. The molecule has 2 rings (SSSR count). The number of likely N-dealkylation sites (tertiary alicyclic amines) is 1. The molecule has 1 fully saturated rings. The van der Waals surface area contributed by atoms with Gasteiger partial charge in [0.2, 0.25) is 0 Å². The number of aliphatic hydroxyl groups excluding tert-OH is 1. The van der Waals surface area contributed by atoms with Gasteiger partial charge in [-0.25, -0.2) is 0 Å². The second kappa shape index (κ2) is 7.14. The van der Waals surface area contributed by atoms with E-state index < -0.39 is 0 Å². The molecule has 0 aromatic heterocycles. The van der Waals surface area contributed by atoms with Crippen molar-refractivity contribution in [3.05, 3.63) is 24.3 Å². The van der Waals surface area contributed by atoms with E-state index >= 15 is 0 Å². The Bertz CT molecular complexity index is 432. The highest BCUT2D eigenvalue weighted by Crippen LogP contribution is 2.19. The molecule has 1 unspecified atom stereocenters. The molecular formula is C15H21NO4. The van der Waals surface area contributed by atoms with Gasteiger partial charge in [-0.05, 0) is 37.6 Å². The van der Waals surface area contributed by atoms with Crippen molar-refractivity contribution in [2.45, 2.75) is 13.3 Å². The van der Waals surface area contributed by atoms with E-state index in [2.05, 4.69) is 0 Å². The topological polar surface area (TPSA) is 59.0 Å². The zero-order valence-electron chi connectivity index (χ0n) is 11.7. The first-order valence-electron chi connectivity index (χ1n) is 6.97. The van der Waals surface area contributed by atoms with Crippen LogP contribution in [0.5, 0.6) is 11.5 Å². The quantitative estimate of drug-likeness (QED) is 0.853. The molecule has 5 nitrogen and oxygen atoms in total. The van der Waals surface area contributed by atoms with Crippen LogP contribution in [0, 0.1) is 5.92 Å². The molecule has 0 saturated carbocycles. The summed E-state index contributed by atoms with van der Waals surface area (Å²) < 4.78 is 10.8. The molecule has 0 radical (unpaired) electrons. The molecule has 1 aromatic carbocycles. The van der Waals surface area contributed by atoms with Gasteiger partial charge in [0, 0.05) is 25.6 Å². The minimum Gasteiger partial charge on any atom is -0.494 e. The van der Waals surface area contributed by atoms with E-state index in [1.54, 1.807) is 17.0 Å². The highest BCUT2D eigenvalue weighted by molar-refractivity contribution is 5.78. The summed E-state index contributed by atoms with van der Waals surface area (Å²) in [4.78, 5) is 13.7. The summed E-state index contributed by atoms with van der Waals surface area (Å²) in [7, 11) is 0. The minimum atomic E-state index is -0.0326. The van der Waals surface area contributed by atoms with Crippen LogP contribution in [0.4, 0.5) is 0 Å². The van der Waals surface area contributed by atoms with Gasteiger partial charge >= 0.3 is 0 Å². The summed E-state index contributed by atoms with van der Waals surface area (Å²) >= 11 is 0. The van der Waals surface area contributed by atoms with E-state index in [-0.39, 0.29) is 25.0 Å². The first-order chi connectivity index (χ1) is 9.72. The number of carbonyl (C=O) groups is 1. The number of hydrogen-bond acceptors (Lipinski definition) is 4. The van der Waals surface area contributed by atoms with E-state index in [1.807, 2.05) is 19.1 Å². The zero-order valence-corrected chi connectivity index (χ0v) is 11.7. The van der Waals surface area contributed by atoms with Gasteiger partial charge in [0.25, 0.3) is 5.91 Å². The third-order valence-electron chi connectivity index (χ3n) is 3.39. The van der Waals surface area contributed by atoms with Crippen LogP contribution < -0.4 is 9.47 Å². The molecule has 110 valence electrons. The number of benzene rings is 1. The predicted octanol–water partition coefficient (Wildman–Crippen LogP) is 1.30. The number of nitrogens with zero attached hydrogens (tertiary/aromatic N) is 1. The van der Waals surface area contributed by atoms with Crippen molar-refractivity contribution in [3.8, 4) is 11.5 Å². The van der Waals surface area contributed by atoms with Gasteiger partial charge in [0.05, 0.1) is 6.61 Å². The summed E-state index contributed by atoms with van der Waals surface area (Å²) in [6.45, 7) is 4.06. The third kappa shape index (κ3) is 3.87. The smallest absolute Gasteiger partial charge is 0.260 e. The maximum atomic E-state index is 11.9. The average molecular weight is 279 g/mol. The fourth-order valence-electron chi connectivity index (χ4n) is 2.24. The zero-order chi connectivity index (χ0) is 14.4. The van der Waals surface area contributed by atoms with Crippen molar-refractivity contribution < 1.29 is 19.4 Å². The second-order valence-electron chi connectivity index (χ2n) is 4.87. The lowest BCUT2D eigenvalue weighted by Gasteiger charge is -2.16. The van der Waals surface area contributed by atoms with Crippen molar-refractivity contribution in [2.24, 2.45) is 5.92 Å². The van der Waals surface area contributed by atoms with E-state index in [4.69, 9.17) is 14.6 Å². The minimum absolute atomic E-state index is 0.0326. The predicted molar refractivity (Wildman–Crippen MR) is 74.9 cm³/mol. The number of carbonyl (C=O) groups excluding carboxylic acids is 1. The van der Waals surface area contributed by atoms with Gasteiger partial charge in [-0.15, -0.1) is 0 Å². The van der Waals surface area contributed by atoms with Crippen molar-refractivity contribution in [2.75, 3.05) is 32.9 Å². The Balaban J connectivity index is 1.78. The standard InChI is InChI=1S/C15H21NO4/c1-2-19-13-3-5-14(6-4-13)20-11-15(18)16-8-7-12(9-16)10-17/h3-6,12,17H,2,7-11H2,1H3. The highest BCUT2D eigenvalue weighted by atomic mass is 16.5. The molecule has 1 N–H and O–H groups in total. The normalized spacial score (nSPS) is 18.1. The number of hydrogen-bond donors (Lipinski definition) is 1. The van der Waals surface area contributed by atoms with Crippen molar-refractivity contribution in [3.63, 3.8) is 0 Å². The van der Waals surface area contributed by atoms with Crippen LogP contribution in [0.25, 0.3) is 0 Å². The monoisotopic (exact) mass is 279 g/mol. The van der Waals surface area contributed by atoms with Crippen LogP contribution in [-0.2, 0) is 4.79 Å². The lowest BCUT2D eigenvalue weighted by atomic mass is 10.1. The Hall–Kier alpha value is -1.75. The summed E-state index contributed by atoms with van der Waals surface area (Å²) in [6.07, 6.45) is 0.866. The van der Waals surface area contributed by atoms with Gasteiger partial charge in [-0.3, -0.25) is 4.79 Å². The molecule has 0 bridgehead atoms. The number of ether oxygens (including phenoxy) is 2. The molecule has 5 heteroatoms. The van der Waals surface area contributed by atoms with Crippen molar-refractivity contribution in [1.82, 2.24) is 4.90 Å². The summed E-state index contributed by atoms with van der Waals surface area (Å²) in [5.41, 5.74) is 0. The Labute approximate surface area is 119 Å². The molecule has 1 aromatic rings. The Morgan fingerprint density at radius 1 is 1.30 bits per heavy atom. The third-order valence-corrected chi connectivity index (χ3v) is 3.39. The Morgan fingerprint density at radius 2 is 1.95 bits per heavy atom. The second-order valence-corrected chi connectivity index (χ2v) is 4.87. The summed E-state index contributed by atoms with van der Waals surface area (Å²) in [5.74, 6) is 1.62. The molecule has 1 amide bonds. The van der Waals surface area contributed by atoms with Crippen molar-refractivity contribution >= 4 is 5.91 Å². The molecule has 1 saturated heterocycles. The maximum absolute atomic E-state index is 11.9. The molecule has 1 heterocycles. The maximum Gasteiger partial charge on any atom is 0.260 e. The SMILES string of the molecule is CCOc1ccc(OCC(=O)N2CCC(CO)C2)cc1. The molecule has 1 aliphatic rings. The van der Waals surface area contributed by atoms with Crippen molar-refractivity contribution in [1.29, 1.82) is 0 Å². The van der Waals surface area contributed by atoms with Crippen LogP contribution in [0.3, 0.4) is 0 Å². The van der Waals surface area contributed by atoms with Crippen LogP contribution in [0.2, 0.25) is 0 Å². The van der Waals surface area contributed by atoms with Gasteiger partial charge in [-0.1, -0.05) is 0 Å². The molecular weight excluding hydrogens is 258 g/mol. The number of rotatable bonds is 6. The summed E-state index contributed by atoms with van der Waals surface area (Å²) in [5, 5.41) is 9.06. The molecule has 0 aliphatic carbocycles. The van der Waals surface area contributed by atoms with E-state index in [9.17, 15) is 4.79 Å². The lowest BCUT2D eigenvalue weighted by Crippen LogP contribution is -2.33. The Kier molecular flexibility index (Phi) is 5.24. The van der Waals surface area contributed by atoms with Gasteiger partial charge in [0.15, 0.2) is 6.61 Å². The van der Waals surface area contributed by atoms with Crippen LogP contribution in [0.15, 0.2) is 24.3 Å². The van der Waals surface area contributed by atoms with Gasteiger partial charge < -0.3 is 19.5 Å². The van der Waals surface area contributed by atoms with Crippen LogP contribution in [-0.4, -0.2) is 48.8 Å². The molecule has 1 atom stereocenters. The highest BCUT2D eigenvalue weighted by Gasteiger charge is 2.25. The first-order valence-corrected chi connectivity index (χ1v) is 6.97. The van der Waals surface area contributed by atoms with Crippen LogP contribution in [0.1, 0.15) is 13.3 Å². The molecule has 20 heavy (non-hydrogen) atoms. The van der Waals surface area contributed by atoms with Crippen LogP contribution >= 0.6 is 0 Å². The fourth-order valence-corrected chi connectivity index (χ4v) is 2.24. The van der Waals surface area contributed by atoms with E-state index in [0.717, 1.165) is 12.2 Å². The molecule has 0 spiro atoms. The van der Waals surface area contributed by atoms with E-state index in [0.29, 0.717) is 25.4 Å². The first kappa shape index (κ1) is 14.7. The molecule has 1 aliphatic heterocycles. The largest absolute Gasteiger partial charge is 0.494 e. The lowest BCUT2D eigenvalue weighted by molar-refractivity contribution is -0.132. The van der Waals surface area contributed by atoms with Gasteiger partial charge in [0.1, 0.15) is 11.5 Å². The average Bonchev–Trinajstić information content (AvgIpc) is 2.95.